The topological polar surface area (TPSA) is 188 Å². The number of hydrogen-bond acceptors (Lipinski definition) is 5. The number of benzene rings is 3. The number of fused-ring (bicyclic) bond motifs is 1. The first-order valence-electron chi connectivity index (χ1n) is 16.9. The van der Waals surface area contributed by atoms with Crippen molar-refractivity contribution in [2.45, 2.75) is 81.4 Å². The van der Waals surface area contributed by atoms with E-state index >= 15 is 0 Å². The van der Waals surface area contributed by atoms with E-state index in [9.17, 15) is 33.5 Å². The van der Waals surface area contributed by atoms with Gasteiger partial charge in [0, 0.05) is 13.0 Å². The van der Waals surface area contributed by atoms with Gasteiger partial charge in [-0.3, -0.25) is 23.7 Å². The van der Waals surface area contributed by atoms with E-state index < -0.39 is 36.9 Å². The van der Waals surface area contributed by atoms with Crippen LogP contribution in [-0.2, 0) is 36.3 Å². The second-order valence-corrected chi connectivity index (χ2v) is 15.0. The number of nitrogens with one attached hydrogen (secondary N) is 3. The van der Waals surface area contributed by atoms with Crippen LogP contribution < -0.4 is 21.7 Å². The summed E-state index contributed by atoms with van der Waals surface area (Å²) in [7, 11) is -4.25. The Morgan fingerprint density at radius 2 is 1.71 bits per heavy atom. The van der Waals surface area contributed by atoms with E-state index in [-0.39, 0.29) is 36.7 Å². The number of primary amides is 1. The minimum absolute atomic E-state index is 0.00228. The third-order valence-electron chi connectivity index (χ3n) is 9.53. The summed E-state index contributed by atoms with van der Waals surface area (Å²) in [6.07, 6.45) is 7.24. The first-order valence-corrected chi connectivity index (χ1v) is 18.7. The van der Waals surface area contributed by atoms with Crippen molar-refractivity contribution < 1.29 is 33.5 Å². The van der Waals surface area contributed by atoms with Gasteiger partial charge in [0.05, 0.1) is 12.6 Å². The molecule has 7 N–H and O–H groups in total. The van der Waals surface area contributed by atoms with Gasteiger partial charge in [0.15, 0.2) is 0 Å². The molecule has 3 aromatic rings. The maximum absolute atomic E-state index is 13.9. The van der Waals surface area contributed by atoms with Crippen LogP contribution >= 0.6 is 7.60 Å². The zero-order valence-corrected chi connectivity index (χ0v) is 28.4. The molecule has 0 saturated carbocycles. The van der Waals surface area contributed by atoms with Gasteiger partial charge in [0.2, 0.25) is 23.6 Å². The van der Waals surface area contributed by atoms with Crippen molar-refractivity contribution >= 4 is 42.0 Å². The maximum Gasteiger partial charge on any atom is 0.329 e. The second-order valence-electron chi connectivity index (χ2n) is 13.4. The molecule has 1 spiro atoms. The summed E-state index contributed by atoms with van der Waals surface area (Å²) in [6, 6.07) is 20.0. The van der Waals surface area contributed by atoms with Crippen molar-refractivity contribution in [3.05, 3.63) is 95.6 Å². The summed E-state index contributed by atoms with van der Waals surface area (Å²) in [6.45, 7) is 0.303. The van der Waals surface area contributed by atoms with Crippen molar-refractivity contribution in [2.24, 2.45) is 11.7 Å². The molecule has 2 aliphatic rings. The molecule has 49 heavy (non-hydrogen) atoms. The minimum Gasteiger partial charge on any atom is -0.370 e. The number of carbonyl (C=O) groups excluding carboxylic acids is 4. The van der Waals surface area contributed by atoms with Crippen molar-refractivity contribution in [3.63, 3.8) is 0 Å². The van der Waals surface area contributed by atoms with E-state index in [1.54, 1.807) is 18.2 Å². The van der Waals surface area contributed by atoms with E-state index in [0.29, 0.717) is 37.8 Å². The molecule has 1 saturated heterocycles. The van der Waals surface area contributed by atoms with Crippen LogP contribution in [-0.4, -0.2) is 51.5 Å². The van der Waals surface area contributed by atoms with E-state index in [4.69, 9.17) is 5.73 Å². The molecule has 1 unspecified atom stereocenters. The van der Waals surface area contributed by atoms with Gasteiger partial charge in [-0.2, -0.15) is 0 Å². The average Bonchev–Trinajstić information content (AvgIpc) is 3.06. The molecular formula is C37H45N4O7P. The van der Waals surface area contributed by atoms with Crippen LogP contribution in [0.4, 0.5) is 0 Å². The van der Waals surface area contributed by atoms with Crippen molar-refractivity contribution in [3.8, 4) is 0 Å². The van der Waals surface area contributed by atoms with Crippen molar-refractivity contribution in [1.29, 1.82) is 0 Å². The highest BCUT2D eigenvalue weighted by molar-refractivity contribution is 7.50. The normalized spacial score (nSPS) is 24.4. The van der Waals surface area contributed by atoms with E-state index in [2.05, 4.69) is 40.2 Å². The van der Waals surface area contributed by atoms with Crippen LogP contribution in [0.1, 0.15) is 74.0 Å². The van der Waals surface area contributed by atoms with Crippen LogP contribution in [0.25, 0.3) is 10.8 Å². The van der Waals surface area contributed by atoms with E-state index in [1.807, 2.05) is 36.4 Å². The summed E-state index contributed by atoms with van der Waals surface area (Å²) >= 11 is 0. The van der Waals surface area contributed by atoms with Crippen LogP contribution in [0.15, 0.2) is 78.9 Å². The minimum atomic E-state index is -4.25. The number of amides is 4. The molecule has 5 rings (SSSR count). The van der Waals surface area contributed by atoms with Gasteiger partial charge >= 0.3 is 7.60 Å². The van der Waals surface area contributed by atoms with Crippen molar-refractivity contribution in [1.82, 2.24) is 16.0 Å². The van der Waals surface area contributed by atoms with E-state index in [1.165, 1.54) is 0 Å². The highest BCUT2D eigenvalue weighted by Crippen LogP contribution is 2.39. The zero-order chi connectivity index (χ0) is 35.0. The predicted molar refractivity (Wildman–Crippen MR) is 187 cm³/mol. The predicted octanol–water partition coefficient (Wildman–Crippen LogP) is 4.11. The zero-order valence-electron chi connectivity index (χ0n) is 27.5. The Kier molecular flexibility index (Phi) is 11.7. The quantitative estimate of drug-likeness (QED) is 0.159. The number of hydrogen-bond donors (Lipinski definition) is 6. The lowest BCUT2D eigenvalue weighted by Crippen LogP contribution is -2.62. The Balaban J connectivity index is 1.46. The molecule has 1 fully saturated rings. The molecule has 1 aliphatic carbocycles. The van der Waals surface area contributed by atoms with Gasteiger partial charge in [-0.25, -0.2) is 0 Å². The lowest BCUT2D eigenvalue weighted by Gasteiger charge is -2.34. The van der Waals surface area contributed by atoms with Crippen LogP contribution in [0, 0.1) is 5.92 Å². The monoisotopic (exact) mass is 688 g/mol. The van der Waals surface area contributed by atoms with Crippen molar-refractivity contribution in [2.75, 3.05) is 6.54 Å². The van der Waals surface area contributed by atoms with Gasteiger partial charge in [-0.1, -0.05) is 85.3 Å². The molecular weight excluding hydrogens is 643 g/mol. The third-order valence-corrected chi connectivity index (χ3v) is 10.3. The molecule has 1 aliphatic heterocycles. The molecule has 1 heterocycles. The Labute approximate surface area is 286 Å². The molecule has 0 radical (unpaired) electrons. The summed E-state index contributed by atoms with van der Waals surface area (Å²) in [5, 5.41) is 10.9. The summed E-state index contributed by atoms with van der Waals surface area (Å²) in [5.41, 5.74) is 6.59. The molecule has 11 nitrogen and oxygen atoms in total. The van der Waals surface area contributed by atoms with Crippen LogP contribution in [0.5, 0.6) is 0 Å². The fraction of sp³-hybridized carbons (Fsp3) is 0.405. The van der Waals surface area contributed by atoms with Gasteiger partial charge < -0.3 is 31.5 Å². The molecule has 260 valence electrons. The molecule has 4 amide bonds. The van der Waals surface area contributed by atoms with Gasteiger partial charge in [-0.05, 0) is 77.8 Å². The molecule has 12 heteroatoms. The fourth-order valence-electron chi connectivity index (χ4n) is 7.04. The van der Waals surface area contributed by atoms with E-state index in [0.717, 1.165) is 41.2 Å². The molecule has 0 aromatic heterocycles. The number of allylic oxidation sites excluding steroid dienone is 1. The molecule has 3 aromatic carbocycles. The first kappa shape index (κ1) is 36.0. The third kappa shape index (κ3) is 9.88. The van der Waals surface area contributed by atoms with Gasteiger partial charge in [0.25, 0.3) is 0 Å². The standard InChI is InChI=1S/C37H45N4O7P/c38-33(42)22-32-35(44)39-23-26(20-30-12-7-10-28-9-2-3-13-31(28)30)8-6-11-29(27-16-14-25(15-17-27)24-49(46,47)48)21-34(43)41-37(36(45)40-32)18-4-1-5-19-37/h2-4,7,9-10,12-18,26,29,32H,1,5-6,8,11,19-24H2,(H2,38,42)(H,39,44)(H,40,45)(H,41,43)(H2,46,47,48)/t26-,29-,32-,37?/m0/s1. The summed E-state index contributed by atoms with van der Waals surface area (Å²) in [4.78, 5) is 72.1. The van der Waals surface area contributed by atoms with Crippen LogP contribution in [0.2, 0.25) is 0 Å². The average molecular weight is 689 g/mol. The Morgan fingerprint density at radius 3 is 2.43 bits per heavy atom. The van der Waals surface area contributed by atoms with Gasteiger partial charge in [-0.15, -0.1) is 0 Å². The molecule has 0 bridgehead atoms. The largest absolute Gasteiger partial charge is 0.370 e. The first-order chi connectivity index (χ1) is 23.4. The maximum atomic E-state index is 13.9. The smallest absolute Gasteiger partial charge is 0.329 e. The Bertz CT molecular complexity index is 1750. The Morgan fingerprint density at radius 1 is 0.959 bits per heavy atom. The second kappa shape index (κ2) is 15.9. The molecule has 4 atom stereocenters. The summed E-state index contributed by atoms with van der Waals surface area (Å²) in [5.74, 6) is -2.42. The number of nitrogens with two attached hydrogens (primary N) is 1. The van der Waals surface area contributed by atoms with Crippen LogP contribution in [0.3, 0.4) is 0 Å². The van der Waals surface area contributed by atoms with Gasteiger partial charge in [0.1, 0.15) is 11.6 Å². The fourth-order valence-corrected chi connectivity index (χ4v) is 7.72. The SMILES string of the molecule is NC(=O)C[C@@H]1NC(=O)C2(C=CCCC2)NC(=O)C[C@@H](c2ccc(CP(=O)(O)O)cc2)CCC[C@@H](Cc2cccc3ccccc23)CNC1=O. The lowest BCUT2D eigenvalue weighted by molar-refractivity contribution is -0.136. The lowest BCUT2D eigenvalue weighted by atomic mass is 9.84. The summed E-state index contributed by atoms with van der Waals surface area (Å²) < 4.78 is 11.6. The highest BCUT2D eigenvalue weighted by Gasteiger charge is 2.41. The number of rotatable bonds is 7. The highest BCUT2D eigenvalue weighted by atomic mass is 31.2. The number of carbonyl (C=O) groups is 4. The Hall–Kier alpha value is -4.31.